The molecule has 1 aliphatic heterocycles. The van der Waals surface area contributed by atoms with E-state index >= 15 is 0 Å². The van der Waals surface area contributed by atoms with Crippen molar-refractivity contribution in [1.29, 1.82) is 0 Å². The number of hydrogen-bond donors (Lipinski definition) is 2. The molecule has 1 aromatic carbocycles. The molecule has 0 aliphatic carbocycles. The first-order valence-corrected chi connectivity index (χ1v) is 4.81. The highest BCUT2D eigenvalue weighted by atomic mass is 35.5. The first-order valence-electron chi connectivity index (χ1n) is 4.81. The predicted molar refractivity (Wildman–Crippen MR) is 62.1 cm³/mol. The second-order valence-corrected chi connectivity index (χ2v) is 3.79. The van der Waals surface area contributed by atoms with Gasteiger partial charge in [0.05, 0.1) is 6.04 Å². The summed E-state index contributed by atoms with van der Waals surface area (Å²) >= 11 is 0. The molecule has 1 aliphatic rings. The lowest BCUT2D eigenvalue weighted by Crippen LogP contribution is -2.20. The Morgan fingerprint density at radius 3 is 2.38 bits per heavy atom. The molecule has 88 valence electrons. The predicted octanol–water partition coefficient (Wildman–Crippen LogP) is 2.21. The summed E-state index contributed by atoms with van der Waals surface area (Å²) in [6.45, 7) is 4.17. The minimum absolute atomic E-state index is 0. The van der Waals surface area contributed by atoms with Crippen LogP contribution < -0.4 is 5.32 Å². The van der Waals surface area contributed by atoms with Crippen molar-refractivity contribution < 1.29 is 14.6 Å². The lowest BCUT2D eigenvalue weighted by atomic mass is 9.96. The Labute approximate surface area is 100 Å². The molecular weight excluding hydrogens is 230 g/mol. The Balaban J connectivity index is 0.00000128. The van der Waals surface area contributed by atoms with Gasteiger partial charge in [0.1, 0.15) is 12.4 Å². The molecule has 0 spiro atoms. The van der Waals surface area contributed by atoms with Crippen LogP contribution in [-0.2, 0) is 4.74 Å². The highest BCUT2D eigenvalue weighted by Crippen LogP contribution is 2.28. The van der Waals surface area contributed by atoms with Gasteiger partial charge in [-0.3, -0.25) is 0 Å². The molecule has 1 atom stereocenters. The lowest BCUT2D eigenvalue weighted by Gasteiger charge is -2.14. The normalized spacial score (nSPS) is 18.6. The summed E-state index contributed by atoms with van der Waals surface area (Å²) in [4.78, 5) is 10.9. The Hall–Kier alpha value is -1.42. The third-order valence-electron chi connectivity index (χ3n) is 2.60. The summed E-state index contributed by atoms with van der Waals surface area (Å²) in [5.74, 6) is 0.249. The van der Waals surface area contributed by atoms with Crippen LogP contribution >= 0.6 is 12.4 Å². The van der Waals surface area contributed by atoms with Gasteiger partial charge in [-0.05, 0) is 42.7 Å². The van der Waals surface area contributed by atoms with E-state index in [9.17, 15) is 9.90 Å². The summed E-state index contributed by atoms with van der Waals surface area (Å²) in [5, 5.41) is 12.1. The Morgan fingerprint density at radius 1 is 1.38 bits per heavy atom. The number of aromatic hydroxyl groups is 1. The fourth-order valence-corrected chi connectivity index (χ4v) is 2.04. The number of aryl methyl sites for hydroxylation is 2. The number of nitrogens with one attached hydrogen (secondary N) is 1. The molecule has 4 nitrogen and oxygen atoms in total. The van der Waals surface area contributed by atoms with Crippen molar-refractivity contribution in [2.75, 3.05) is 6.61 Å². The topological polar surface area (TPSA) is 58.6 Å². The highest BCUT2D eigenvalue weighted by Gasteiger charge is 2.26. The molecule has 1 aromatic rings. The van der Waals surface area contributed by atoms with Crippen LogP contribution in [0.5, 0.6) is 5.75 Å². The number of benzene rings is 1. The summed E-state index contributed by atoms with van der Waals surface area (Å²) < 4.78 is 4.85. The van der Waals surface area contributed by atoms with E-state index in [1.165, 1.54) is 0 Å². The number of amides is 1. The second-order valence-electron chi connectivity index (χ2n) is 3.79. The molecule has 0 unspecified atom stereocenters. The number of phenols is 1. The number of carbonyl (C=O) groups excluding carboxylic acids is 1. The van der Waals surface area contributed by atoms with Crippen molar-refractivity contribution in [2.45, 2.75) is 19.9 Å². The van der Waals surface area contributed by atoms with Crippen LogP contribution in [0.1, 0.15) is 22.7 Å². The first-order chi connectivity index (χ1) is 7.08. The smallest absolute Gasteiger partial charge is 0.407 e. The number of alkyl carbamates (subject to hydrolysis) is 1. The van der Waals surface area contributed by atoms with Crippen molar-refractivity contribution in [3.63, 3.8) is 0 Å². The minimum Gasteiger partial charge on any atom is -0.508 e. The molecule has 16 heavy (non-hydrogen) atoms. The molecule has 2 N–H and O–H groups in total. The van der Waals surface area contributed by atoms with Gasteiger partial charge < -0.3 is 15.2 Å². The van der Waals surface area contributed by atoms with E-state index in [0.29, 0.717) is 6.61 Å². The molecule has 1 heterocycles. The molecule has 1 fully saturated rings. The van der Waals surface area contributed by atoms with E-state index in [1.807, 2.05) is 13.8 Å². The SMILES string of the molecule is Cc1cc(O)cc(C)c1[C@@H]1COC(=O)N1.Cl. The third kappa shape index (κ3) is 2.22. The molecule has 2 rings (SSSR count). The van der Waals surface area contributed by atoms with E-state index in [1.54, 1.807) is 12.1 Å². The van der Waals surface area contributed by atoms with Gasteiger partial charge in [0, 0.05) is 0 Å². The minimum atomic E-state index is -0.383. The monoisotopic (exact) mass is 243 g/mol. The van der Waals surface area contributed by atoms with Crippen molar-refractivity contribution in [1.82, 2.24) is 5.32 Å². The Kier molecular flexibility index (Phi) is 3.65. The Morgan fingerprint density at radius 2 is 1.94 bits per heavy atom. The zero-order chi connectivity index (χ0) is 11.0. The van der Waals surface area contributed by atoms with E-state index in [-0.39, 0.29) is 30.3 Å². The number of hydrogen-bond acceptors (Lipinski definition) is 3. The van der Waals surface area contributed by atoms with Crippen LogP contribution in [0, 0.1) is 13.8 Å². The van der Waals surface area contributed by atoms with Crippen molar-refractivity contribution in [3.8, 4) is 5.75 Å². The van der Waals surface area contributed by atoms with Gasteiger partial charge in [-0.25, -0.2) is 4.79 Å². The molecule has 1 amide bonds. The molecule has 1 saturated heterocycles. The first kappa shape index (κ1) is 12.6. The summed E-state index contributed by atoms with van der Waals surface area (Å²) in [6, 6.07) is 3.28. The maximum Gasteiger partial charge on any atom is 0.407 e. The van der Waals surface area contributed by atoms with Gasteiger partial charge in [-0.15, -0.1) is 12.4 Å². The maximum absolute atomic E-state index is 10.9. The number of ether oxygens (including phenoxy) is 1. The zero-order valence-corrected chi connectivity index (χ0v) is 9.93. The van der Waals surface area contributed by atoms with Crippen LogP contribution in [0.25, 0.3) is 0 Å². The maximum atomic E-state index is 10.9. The Bertz CT molecular complexity index is 397. The van der Waals surface area contributed by atoms with Gasteiger partial charge in [0.25, 0.3) is 0 Å². The second kappa shape index (κ2) is 4.61. The van der Waals surface area contributed by atoms with Gasteiger partial charge in [0.2, 0.25) is 0 Å². The number of rotatable bonds is 1. The quantitative estimate of drug-likeness (QED) is 0.795. The molecule has 0 bridgehead atoms. The fourth-order valence-electron chi connectivity index (χ4n) is 2.04. The largest absolute Gasteiger partial charge is 0.508 e. The summed E-state index contributed by atoms with van der Waals surface area (Å²) in [7, 11) is 0. The summed E-state index contributed by atoms with van der Waals surface area (Å²) in [5.41, 5.74) is 2.95. The van der Waals surface area contributed by atoms with Crippen LogP contribution in [-0.4, -0.2) is 17.8 Å². The van der Waals surface area contributed by atoms with Gasteiger partial charge >= 0.3 is 6.09 Å². The number of halogens is 1. The van der Waals surface area contributed by atoms with E-state index in [2.05, 4.69) is 5.32 Å². The molecule has 0 aromatic heterocycles. The summed E-state index contributed by atoms with van der Waals surface area (Å²) in [6.07, 6.45) is -0.383. The van der Waals surface area contributed by atoms with Crippen LogP contribution in [0.4, 0.5) is 4.79 Å². The number of cyclic esters (lactones) is 1. The van der Waals surface area contributed by atoms with Crippen molar-refractivity contribution in [2.24, 2.45) is 0 Å². The number of phenolic OH excluding ortho intramolecular Hbond substituents is 1. The standard InChI is InChI=1S/C11H13NO3.ClH/c1-6-3-8(13)4-7(2)10(6)9-5-15-11(14)12-9;/h3-4,9,13H,5H2,1-2H3,(H,12,14);1H/t9-;/m0./s1. The fraction of sp³-hybridized carbons (Fsp3) is 0.364. The zero-order valence-electron chi connectivity index (χ0n) is 9.11. The highest BCUT2D eigenvalue weighted by molar-refractivity contribution is 5.85. The van der Waals surface area contributed by atoms with Gasteiger partial charge in [-0.1, -0.05) is 0 Å². The molecule has 5 heteroatoms. The molecule has 0 saturated carbocycles. The lowest BCUT2D eigenvalue weighted by molar-refractivity contribution is 0.177. The molecule has 0 radical (unpaired) electrons. The van der Waals surface area contributed by atoms with E-state index in [0.717, 1.165) is 16.7 Å². The van der Waals surface area contributed by atoms with Crippen LogP contribution in [0.15, 0.2) is 12.1 Å². The van der Waals surface area contributed by atoms with E-state index in [4.69, 9.17) is 4.74 Å². The van der Waals surface area contributed by atoms with Gasteiger partial charge in [0.15, 0.2) is 0 Å². The van der Waals surface area contributed by atoms with Gasteiger partial charge in [-0.2, -0.15) is 0 Å². The van der Waals surface area contributed by atoms with Crippen molar-refractivity contribution >= 4 is 18.5 Å². The number of carbonyl (C=O) groups is 1. The third-order valence-corrected chi connectivity index (χ3v) is 2.60. The van der Waals surface area contributed by atoms with Crippen LogP contribution in [0.2, 0.25) is 0 Å². The average Bonchev–Trinajstić information content (AvgIpc) is 2.49. The van der Waals surface area contributed by atoms with Crippen molar-refractivity contribution in [3.05, 3.63) is 28.8 Å². The van der Waals surface area contributed by atoms with E-state index < -0.39 is 0 Å². The van der Waals surface area contributed by atoms with Crippen LogP contribution in [0.3, 0.4) is 0 Å². The average molecular weight is 244 g/mol. The molecular formula is C11H14ClNO3.